The van der Waals surface area contributed by atoms with Crippen molar-refractivity contribution < 1.29 is 9.47 Å². The number of nitrogens with one attached hydrogen (secondary N) is 1. The zero-order valence-electron chi connectivity index (χ0n) is 14.9. The van der Waals surface area contributed by atoms with Gasteiger partial charge in [0, 0.05) is 12.6 Å². The maximum absolute atomic E-state index is 5.73. The number of hydrogen-bond donors (Lipinski definition) is 1. The van der Waals surface area contributed by atoms with Gasteiger partial charge in [0.15, 0.2) is 16.6 Å². The van der Waals surface area contributed by atoms with Crippen LogP contribution in [-0.2, 0) is 6.42 Å². The van der Waals surface area contributed by atoms with Crippen LogP contribution < -0.4 is 14.8 Å². The van der Waals surface area contributed by atoms with Crippen molar-refractivity contribution >= 4 is 17.3 Å². The van der Waals surface area contributed by atoms with Gasteiger partial charge in [0.05, 0.1) is 20.3 Å². The number of nitrogens with zero attached hydrogens (tertiary/aromatic N) is 1. The molecule has 0 radical (unpaired) electrons. The Morgan fingerprint density at radius 3 is 2.46 bits per heavy atom. The zero-order valence-corrected chi connectivity index (χ0v) is 15.7. The first-order valence-corrected chi connectivity index (χ1v) is 9.36. The van der Waals surface area contributed by atoms with Crippen LogP contribution in [0.25, 0.3) is 0 Å². The summed E-state index contributed by atoms with van der Waals surface area (Å²) in [4.78, 5) is 2.32. The van der Waals surface area contributed by atoms with Crippen molar-refractivity contribution in [1.82, 2.24) is 10.2 Å². The lowest BCUT2D eigenvalue weighted by Gasteiger charge is -2.39. The highest BCUT2D eigenvalue weighted by atomic mass is 32.1. The van der Waals surface area contributed by atoms with Crippen molar-refractivity contribution in [3.63, 3.8) is 0 Å². The van der Waals surface area contributed by atoms with Crippen LogP contribution in [0.3, 0.4) is 0 Å². The van der Waals surface area contributed by atoms with Crippen molar-refractivity contribution in [3.8, 4) is 11.5 Å². The van der Waals surface area contributed by atoms with Gasteiger partial charge in [-0.05, 0) is 61.7 Å². The molecule has 0 aromatic heterocycles. The Labute approximate surface area is 150 Å². The van der Waals surface area contributed by atoms with E-state index in [1.807, 2.05) is 0 Å². The summed E-state index contributed by atoms with van der Waals surface area (Å²) < 4.78 is 10.9. The monoisotopic (exact) mass is 348 g/mol. The lowest BCUT2D eigenvalue weighted by molar-refractivity contribution is 0.298. The Kier molecular flexibility index (Phi) is 5.49. The number of ether oxygens (including phenoxy) is 2. The van der Waals surface area contributed by atoms with Crippen LogP contribution in [0.4, 0.5) is 0 Å². The van der Waals surface area contributed by atoms with Crippen molar-refractivity contribution in [1.29, 1.82) is 0 Å². The van der Waals surface area contributed by atoms with E-state index < -0.39 is 0 Å². The van der Waals surface area contributed by atoms with Gasteiger partial charge in [-0.3, -0.25) is 0 Å². The Morgan fingerprint density at radius 2 is 1.79 bits per heavy atom. The summed E-state index contributed by atoms with van der Waals surface area (Å²) in [5.74, 6) is 1.59. The maximum Gasteiger partial charge on any atom is 0.169 e. The number of thiocarbonyl (C=S) groups is 1. The molecule has 132 valence electrons. The molecule has 0 saturated heterocycles. The molecule has 5 heteroatoms. The summed E-state index contributed by atoms with van der Waals surface area (Å²) in [6, 6.07) is 5.01. The topological polar surface area (TPSA) is 33.7 Å². The predicted octanol–water partition coefficient (Wildman–Crippen LogP) is 3.83. The summed E-state index contributed by atoms with van der Waals surface area (Å²) in [6.45, 7) is 3.17. The molecule has 2 aliphatic rings. The molecular weight excluding hydrogens is 320 g/mol. The van der Waals surface area contributed by atoms with Gasteiger partial charge in [0.2, 0.25) is 0 Å². The Hall–Kier alpha value is -1.49. The molecule has 0 bridgehead atoms. The Morgan fingerprint density at radius 1 is 1.12 bits per heavy atom. The zero-order chi connectivity index (χ0) is 17.1. The smallest absolute Gasteiger partial charge is 0.169 e. The van der Waals surface area contributed by atoms with Gasteiger partial charge in [-0.1, -0.05) is 19.3 Å². The van der Waals surface area contributed by atoms with E-state index in [0.717, 1.165) is 29.6 Å². The first-order chi connectivity index (χ1) is 11.6. The number of methoxy groups -OCH3 is 2. The minimum absolute atomic E-state index is 0.247. The average Bonchev–Trinajstić information content (AvgIpc) is 2.61. The van der Waals surface area contributed by atoms with E-state index in [1.54, 1.807) is 14.2 Å². The van der Waals surface area contributed by atoms with E-state index in [9.17, 15) is 0 Å². The fraction of sp³-hybridized carbons (Fsp3) is 0.632. The van der Waals surface area contributed by atoms with E-state index in [1.165, 1.54) is 43.2 Å². The average molecular weight is 349 g/mol. The summed E-state index contributed by atoms with van der Waals surface area (Å²) in [7, 11) is 3.37. The van der Waals surface area contributed by atoms with Crippen LogP contribution in [-0.4, -0.2) is 36.8 Å². The molecule has 3 rings (SSSR count). The van der Waals surface area contributed by atoms with E-state index in [2.05, 4.69) is 29.3 Å². The summed E-state index contributed by atoms with van der Waals surface area (Å²) in [5.41, 5.74) is 2.61. The minimum atomic E-state index is 0.247. The highest BCUT2D eigenvalue weighted by Gasteiger charge is 2.28. The largest absolute Gasteiger partial charge is 0.493 e. The summed E-state index contributed by atoms with van der Waals surface area (Å²) >= 11 is 5.73. The molecule has 1 aliphatic carbocycles. The van der Waals surface area contributed by atoms with E-state index in [-0.39, 0.29) is 6.04 Å². The Balaban J connectivity index is 1.75. The second-order valence-electron chi connectivity index (χ2n) is 6.81. The second kappa shape index (κ2) is 7.60. The quantitative estimate of drug-likeness (QED) is 0.840. The van der Waals surface area contributed by atoms with Gasteiger partial charge in [-0.2, -0.15) is 0 Å². The molecule has 1 heterocycles. The first-order valence-electron chi connectivity index (χ1n) is 8.96. The van der Waals surface area contributed by atoms with Crippen LogP contribution in [0.1, 0.15) is 56.2 Å². The van der Waals surface area contributed by atoms with Gasteiger partial charge in [-0.25, -0.2) is 0 Å². The third kappa shape index (κ3) is 3.46. The van der Waals surface area contributed by atoms with Crippen LogP contribution in [0.15, 0.2) is 12.1 Å². The van der Waals surface area contributed by atoms with Crippen LogP contribution in [0, 0.1) is 0 Å². The van der Waals surface area contributed by atoms with Crippen molar-refractivity contribution in [2.24, 2.45) is 0 Å². The van der Waals surface area contributed by atoms with Crippen LogP contribution in [0.5, 0.6) is 11.5 Å². The van der Waals surface area contributed by atoms with Crippen molar-refractivity contribution in [2.75, 3.05) is 20.8 Å². The molecule has 1 atom stereocenters. The number of benzene rings is 1. The normalized spacial score (nSPS) is 21.1. The molecule has 4 nitrogen and oxygen atoms in total. The van der Waals surface area contributed by atoms with Crippen LogP contribution in [0.2, 0.25) is 0 Å². The molecule has 1 fully saturated rings. The summed E-state index contributed by atoms with van der Waals surface area (Å²) in [5, 5.41) is 4.50. The predicted molar refractivity (Wildman–Crippen MR) is 101 cm³/mol. The third-order valence-corrected chi connectivity index (χ3v) is 5.73. The summed E-state index contributed by atoms with van der Waals surface area (Å²) in [6.07, 6.45) is 7.45. The molecular formula is C19H28N2O2S. The Bertz CT molecular complexity index is 599. The fourth-order valence-electron chi connectivity index (χ4n) is 3.93. The molecule has 0 amide bonds. The lowest BCUT2D eigenvalue weighted by atomic mass is 9.92. The molecule has 0 spiro atoms. The molecule has 1 aliphatic heterocycles. The van der Waals surface area contributed by atoms with Crippen molar-refractivity contribution in [3.05, 3.63) is 23.3 Å². The van der Waals surface area contributed by atoms with Gasteiger partial charge in [0.1, 0.15) is 0 Å². The number of fused-ring (bicyclic) bond motifs is 1. The number of hydrogen-bond acceptors (Lipinski definition) is 3. The first kappa shape index (κ1) is 17.3. The highest BCUT2D eigenvalue weighted by Crippen LogP contribution is 2.38. The van der Waals surface area contributed by atoms with E-state index in [0.29, 0.717) is 6.04 Å². The lowest BCUT2D eigenvalue weighted by Crippen LogP contribution is -2.48. The van der Waals surface area contributed by atoms with Gasteiger partial charge >= 0.3 is 0 Å². The highest BCUT2D eigenvalue weighted by molar-refractivity contribution is 7.80. The SMILES string of the molecule is COc1cc2c(cc1OC)[C@H](C)N(C(=S)NC1CCCCC1)CC2. The molecule has 24 heavy (non-hydrogen) atoms. The maximum atomic E-state index is 5.73. The fourth-order valence-corrected chi connectivity index (χ4v) is 4.34. The second-order valence-corrected chi connectivity index (χ2v) is 7.20. The number of rotatable bonds is 3. The van der Waals surface area contributed by atoms with Gasteiger partial charge in [-0.15, -0.1) is 0 Å². The molecule has 1 saturated carbocycles. The minimum Gasteiger partial charge on any atom is -0.493 e. The third-order valence-electron chi connectivity index (χ3n) is 5.38. The van der Waals surface area contributed by atoms with Gasteiger partial charge in [0.25, 0.3) is 0 Å². The van der Waals surface area contributed by atoms with E-state index >= 15 is 0 Å². The molecule has 1 N–H and O–H groups in total. The van der Waals surface area contributed by atoms with E-state index in [4.69, 9.17) is 21.7 Å². The molecule has 0 unspecified atom stereocenters. The van der Waals surface area contributed by atoms with Gasteiger partial charge < -0.3 is 19.7 Å². The standard InChI is InChI=1S/C19H28N2O2S/c1-13-16-12-18(23-3)17(22-2)11-14(16)9-10-21(13)19(24)20-15-7-5-4-6-8-15/h11-13,15H,4-10H2,1-3H3,(H,20,24)/t13-/m0/s1. The van der Waals surface area contributed by atoms with Crippen molar-refractivity contribution in [2.45, 2.75) is 57.5 Å². The molecule has 1 aromatic rings. The van der Waals surface area contributed by atoms with Crippen LogP contribution >= 0.6 is 12.2 Å². The molecule has 1 aromatic carbocycles.